The molecule has 0 fully saturated rings. The lowest BCUT2D eigenvalue weighted by atomic mass is 9.91. The minimum absolute atomic E-state index is 0.887. The van der Waals surface area contributed by atoms with Gasteiger partial charge in [-0.05, 0) is 127 Å². The lowest BCUT2D eigenvalue weighted by Crippen LogP contribution is -2.11. The molecule has 0 aliphatic heterocycles. The van der Waals surface area contributed by atoms with E-state index in [1.165, 1.54) is 49.7 Å². The highest BCUT2D eigenvalue weighted by molar-refractivity contribution is 6.22. The molecule has 0 amide bonds. The Bertz CT molecular complexity index is 3670. The van der Waals surface area contributed by atoms with E-state index in [0.717, 1.165) is 66.8 Å². The van der Waals surface area contributed by atoms with Crippen LogP contribution in [-0.2, 0) is 0 Å². The van der Waals surface area contributed by atoms with Crippen molar-refractivity contribution in [2.24, 2.45) is 0 Å². The van der Waals surface area contributed by atoms with Crippen LogP contribution in [0.15, 0.2) is 265 Å². The first-order chi connectivity index (χ1) is 32.7. The summed E-state index contributed by atoms with van der Waals surface area (Å²) in [6, 6.07) is 93.8. The smallest absolute Gasteiger partial charge is 0.136 e. The highest BCUT2D eigenvalue weighted by atomic mass is 16.3. The number of anilines is 3. The summed E-state index contributed by atoms with van der Waals surface area (Å²) in [6.45, 7) is 0. The lowest BCUT2D eigenvalue weighted by molar-refractivity contribution is 0.669. The highest BCUT2D eigenvalue weighted by Crippen LogP contribution is 2.46. The van der Waals surface area contributed by atoms with E-state index in [2.05, 4.69) is 260 Å². The first kappa shape index (κ1) is 38.9. The summed E-state index contributed by atoms with van der Waals surface area (Å²) in [5.41, 5.74) is 19.1. The molecule has 66 heavy (non-hydrogen) atoms. The van der Waals surface area contributed by atoms with Gasteiger partial charge in [-0.3, -0.25) is 0 Å². The van der Waals surface area contributed by atoms with Gasteiger partial charge in [-0.25, -0.2) is 0 Å². The van der Waals surface area contributed by atoms with Crippen LogP contribution in [0.25, 0.3) is 99.5 Å². The Kier molecular flexibility index (Phi) is 9.89. The molecule has 0 unspecified atom stereocenters. The summed E-state index contributed by atoms with van der Waals surface area (Å²) in [5, 5.41) is 4.62. The molecule has 11 aromatic carbocycles. The maximum absolute atomic E-state index is 6.61. The predicted octanol–water partition coefficient (Wildman–Crippen LogP) is 18.2. The molecule has 0 atom stereocenters. The number of nitrogens with zero attached hydrogens (tertiary/aromatic N) is 1. The fourth-order valence-corrected chi connectivity index (χ4v) is 9.70. The van der Waals surface area contributed by atoms with Gasteiger partial charge in [-0.2, -0.15) is 0 Å². The van der Waals surface area contributed by atoms with Crippen molar-refractivity contribution in [3.63, 3.8) is 0 Å². The van der Waals surface area contributed by atoms with E-state index in [9.17, 15) is 0 Å². The molecule has 0 radical (unpaired) electrons. The van der Waals surface area contributed by atoms with E-state index in [1.807, 2.05) is 6.07 Å². The van der Waals surface area contributed by atoms with Crippen LogP contribution in [-0.4, -0.2) is 0 Å². The minimum Gasteiger partial charge on any atom is -0.456 e. The summed E-state index contributed by atoms with van der Waals surface area (Å²) in [5.74, 6) is 0. The van der Waals surface area contributed by atoms with E-state index in [1.54, 1.807) is 0 Å². The maximum Gasteiger partial charge on any atom is 0.136 e. The molecule has 2 heteroatoms. The second kappa shape index (κ2) is 16.8. The Balaban J connectivity index is 0.991. The third-order valence-corrected chi connectivity index (χ3v) is 12.9. The van der Waals surface area contributed by atoms with E-state index in [-0.39, 0.29) is 0 Å². The van der Waals surface area contributed by atoms with Gasteiger partial charge in [-0.1, -0.05) is 206 Å². The van der Waals surface area contributed by atoms with Crippen molar-refractivity contribution >= 4 is 49.8 Å². The van der Waals surface area contributed by atoms with Gasteiger partial charge in [0.25, 0.3) is 0 Å². The molecule has 0 saturated carbocycles. The van der Waals surface area contributed by atoms with Crippen LogP contribution in [0.3, 0.4) is 0 Å². The maximum atomic E-state index is 6.61. The lowest BCUT2D eigenvalue weighted by Gasteiger charge is -2.29. The minimum atomic E-state index is 0.887. The molecule has 0 spiro atoms. The van der Waals surface area contributed by atoms with Crippen LogP contribution in [0.5, 0.6) is 0 Å². The van der Waals surface area contributed by atoms with Gasteiger partial charge in [0, 0.05) is 27.7 Å². The zero-order valence-corrected chi connectivity index (χ0v) is 36.2. The molecule has 12 rings (SSSR count). The molecular weight excluding hydrogens is 799 g/mol. The van der Waals surface area contributed by atoms with Crippen molar-refractivity contribution in [2.45, 2.75) is 0 Å². The topological polar surface area (TPSA) is 16.4 Å². The van der Waals surface area contributed by atoms with Crippen molar-refractivity contribution in [3.8, 4) is 66.8 Å². The third-order valence-electron chi connectivity index (χ3n) is 12.9. The molecule has 0 aliphatic rings. The van der Waals surface area contributed by atoms with E-state index in [0.29, 0.717) is 0 Å². The van der Waals surface area contributed by atoms with Crippen molar-refractivity contribution < 1.29 is 4.42 Å². The Morgan fingerprint density at radius 3 is 1.42 bits per heavy atom. The van der Waals surface area contributed by atoms with Crippen LogP contribution in [0.4, 0.5) is 17.1 Å². The summed E-state index contributed by atoms with van der Waals surface area (Å²) >= 11 is 0. The average molecular weight is 842 g/mol. The third kappa shape index (κ3) is 7.12. The van der Waals surface area contributed by atoms with Gasteiger partial charge in [0.05, 0.1) is 5.69 Å². The normalized spacial score (nSPS) is 11.3. The van der Waals surface area contributed by atoms with Crippen LogP contribution >= 0.6 is 0 Å². The standard InChI is InChI=1S/C64H43NO/c1-4-17-44(18-5-1)46-31-36-52(37-32-46)65(61-29-14-12-27-57(61)55-26-11-10-25-54(55)48-21-8-3-9-22-48)53-38-33-47(34-39-53)50-35-40-56-59(51-24-16-23-49(41-51)45-19-6-2-7-20-45)43-63-64(60(56)42-50)58-28-13-15-30-62(58)66-63/h1-43H. The van der Waals surface area contributed by atoms with Crippen LogP contribution < -0.4 is 4.90 Å². The summed E-state index contributed by atoms with van der Waals surface area (Å²) in [6.07, 6.45) is 0. The second-order valence-electron chi connectivity index (χ2n) is 16.8. The van der Waals surface area contributed by atoms with Crippen LogP contribution in [0.1, 0.15) is 0 Å². The zero-order chi connectivity index (χ0) is 43.8. The largest absolute Gasteiger partial charge is 0.456 e. The van der Waals surface area contributed by atoms with Gasteiger partial charge in [0.15, 0.2) is 0 Å². The zero-order valence-electron chi connectivity index (χ0n) is 36.2. The number of rotatable bonds is 9. The number of hydrogen-bond acceptors (Lipinski definition) is 2. The number of fused-ring (bicyclic) bond motifs is 5. The first-order valence-electron chi connectivity index (χ1n) is 22.6. The molecule has 0 N–H and O–H groups in total. The van der Waals surface area contributed by atoms with Crippen molar-refractivity contribution in [3.05, 3.63) is 261 Å². The Morgan fingerprint density at radius 2 is 0.727 bits per heavy atom. The fraction of sp³-hybridized carbons (Fsp3) is 0. The predicted molar refractivity (Wildman–Crippen MR) is 279 cm³/mol. The van der Waals surface area contributed by atoms with E-state index >= 15 is 0 Å². The van der Waals surface area contributed by atoms with Crippen molar-refractivity contribution in [2.75, 3.05) is 4.90 Å². The molecule has 1 aromatic heterocycles. The van der Waals surface area contributed by atoms with Crippen LogP contribution in [0.2, 0.25) is 0 Å². The Labute approximate surface area is 384 Å². The summed E-state index contributed by atoms with van der Waals surface area (Å²) < 4.78 is 6.61. The van der Waals surface area contributed by atoms with Crippen molar-refractivity contribution in [1.29, 1.82) is 0 Å². The average Bonchev–Trinajstić information content (AvgIpc) is 3.79. The number of furan rings is 1. The molecule has 0 bridgehead atoms. The van der Waals surface area contributed by atoms with E-state index in [4.69, 9.17) is 4.42 Å². The Morgan fingerprint density at radius 1 is 0.242 bits per heavy atom. The summed E-state index contributed by atoms with van der Waals surface area (Å²) in [7, 11) is 0. The monoisotopic (exact) mass is 841 g/mol. The Hall–Kier alpha value is -8.72. The second-order valence-corrected chi connectivity index (χ2v) is 16.8. The quantitative estimate of drug-likeness (QED) is 0.144. The summed E-state index contributed by atoms with van der Waals surface area (Å²) in [4.78, 5) is 2.40. The molecule has 0 saturated heterocycles. The first-order valence-corrected chi connectivity index (χ1v) is 22.6. The van der Waals surface area contributed by atoms with Crippen LogP contribution in [0, 0.1) is 0 Å². The van der Waals surface area contributed by atoms with Gasteiger partial charge >= 0.3 is 0 Å². The molecule has 0 aliphatic carbocycles. The molecular formula is C64H43NO. The van der Waals surface area contributed by atoms with Gasteiger partial charge in [0.2, 0.25) is 0 Å². The molecule has 1 heterocycles. The van der Waals surface area contributed by atoms with Crippen molar-refractivity contribution in [1.82, 2.24) is 0 Å². The number of benzene rings is 11. The number of para-hydroxylation sites is 2. The van der Waals surface area contributed by atoms with Gasteiger partial charge < -0.3 is 9.32 Å². The fourth-order valence-electron chi connectivity index (χ4n) is 9.70. The van der Waals surface area contributed by atoms with E-state index < -0.39 is 0 Å². The SMILES string of the molecule is c1ccc(-c2ccc(N(c3ccc(-c4ccc5c(-c6cccc(-c7ccccc7)c6)cc6oc7ccccc7c6c5c4)cc3)c3ccccc3-c3ccccc3-c3ccccc3)cc2)cc1. The van der Waals surface area contributed by atoms with Gasteiger partial charge in [-0.15, -0.1) is 0 Å². The number of hydrogen-bond donors (Lipinski definition) is 0. The highest BCUT2D eigenvalue weighted by Gasteiger charge is 2.21. The molecule has 310 valence electrons. The van der Waals surface area contributed by atoms with Gasteiger partial charge in [0.1, 0.15) is 11.2 Å². The molecule has 2 nitrogen and oxygen atoms in total. The molecule has 12 aromatic rings.